The molecule has 0 spiro atoms. The van der Waals surface area contributed by atoms with Crippen molar-refractivity contribution >= 4 is 18.2 Å². The zero-order valence-corrected chi connectivity index (χ0v) is 9.24. The van der Waals surface area contributed by atoms with E-state index in [2.05, 4.69) is 15.7 Å². The number of nitrogens with one attached hydrogen (secondary N) is 2. The van der Waals surface area contributed by atoms with Gasteiger partial charge in [0.15, 0.2) is 0 Å². The topological polar surface area (TPSA) is 123 Å². The van der Waals surface area contributed by atoms with E-state index in [-0.39, 0.29) is 0 Å². The van der Waals surface area contributed by atoms with Gasteiger partial charge in [0.25, 0.3) is 0 Å². The maximum atomic E-state index is 10.7. The van der Waals surface area contributed by atoms with Gasteiger partial charge in [-0.05, 0) is 12.8 Å². The second-order valence-electron chi connectivity index (χ2n) is 3.24. The van der Waals surface area contributed by atoms with E-state index in [1.807, 2.05) is 0 Å². The van der Waals surface area contributed by atoms with Gasteiger partial charge in [-0.15, -0.1) is 0 Å². The van der Waals surface area contributed by atoms with Gasteiger partial charge in [-0.2, -0.15) is 0 Å². The number of carbonyl (C=O) groups is 2. The summed E-state index contributed by atoms with van der Waals surface area (Å²) in [6, 6.07) is 0. The third-order valence-corrected chi connectivity index (χ3v) is 1.89. The minimum Gasteiger partial charge on any atom is -0.361 e. The summed E-state index contributed by atoms with van der Waals surface area (Å²) < 4.78 is 0. The van der Waals surface area contributed by atoms with Crippen molar-refractivity contribution in [3.63, 3.8) is 0 Å². The molecule has 0 aliphatic carbocycles. The number of carbonyl (C=O) groups excluding carboxylic acids is 2. The number of unbranched alkanes of at least 4 members (excludes halogenated alkanes) is 3. The van der Waals surface area contributed by atoms with Crippen molar-refractivity contribution in [2.45, 2.75) is 25.7 Å². The van der Waals surface area contributed by atoms with Crippen LogP contribution in [0.3, 0.4) is 0 Å². The van der Waals surface area contributed by atoms with E-state index in [9.17, 15) is 9.59 Å². The molecule has 0 bridgehead atoms. The van der Waals surface area contributed by atoms with Crippen LogP contribution in [0.25, 0.3) is 0 Å². The SMILES string of the molecule is NNC=NCCCCCCNC(=O)C(N)=O. The first-order valence-electron chi connectivity index (χ1n) is 5.20. The van der Waals surface area contributed by atoms with E-state index in [0.717, 1.165) is 32.2 Å². The molecule has 0 saturated heterocycles. The van der Waals surface area contributed by atoms with Crippen LogP contribution in [0.15, 0.2) is 4.99 Å². The lowest BCUT2D eigenvalue weighted by molar-refractivity contribution is -0.137. The van der Waals surface area contributed by atoms with E-state index in [4.69, 9.17) is 11.6 Å². The Hall–Kier alpha value is -1.63. The molecular weight excluding hydrogens is 210 g/mol. The van der Waals surface area contributed by atoms with Crippen molar-refractivity contribution in [1.29, 1.82) is 0 Å². The predicted octanol–water partition coefficient (Wildman–Crippen LogP) is -1.36. The Bertz CT molecular complexity index is 242. The number of primary amides is 1. The highest BCUT2D eigenvalue weighted by Gasteiger charge is 2.05. The fourth-order valence-corrected chi connectivity index (χ4v) is 1.09. The Morgan fingerprint density at radius 1 is 1.19 bits per heavy atom. The maximum Gasteiger partial charge on any atom is 0.309 e. The average molecular weight is 229 g/mol. The van der Waals surface area contributed by atoms with Crippen molar-refractivity contribution < 1.29 is 9.59 Å². The predicted molar refractivity (Wildman–Crippen MR) is 61.4 cm³/mol. The number of nitrogens with two attached hydrogens (primary N) is 2. The number of nitrogens with zero attached hydrogens (tertiary/aromatic N) is 1. The molecule has 0 rings (SSSR count). The van der Waals surface area contributed by atoms with Crippen LogP contribution in [0.2, 0.25) is 0 Å². The molecule has 0 radical (unpaired) electrons. The number of rotatable bonds is 8. The second kappa shape index (κ2) is 9.91. The van der Waals surface area contributed by atoms with Crippen LogP contribution < -0.4 is 22.3 Å². The Labute approximate surface area is 94.6 Å². The van der Waals surface area contributed by atoms with Crippen LogP contribution in [-0.4, -0.2) is 31.2 Å². The van der Waals surface area contributed by atoms with Gasteiger partial charge < -0.3 is 16.5 Å². The fraction of sp³-hybridized carbons (Fsp3) is 0.667. The lowest BCUT2D eigenvalue weighted by Crippen LogP contribution is -2.36. The average Bonchev–Trinajstić information content (AvgIpc) is 2.26. The summed E-state index contributed by atoms with van der Waals surface area (Å²) in [4.78, 5) is 25.0. The van der Waals surface area contributed by atoms with Crippen LogP contribution in [0.1, 0.15) is 25.7 Å². The summed E-state index contributed by atoms with van der Waals surface area (Å²) in [7, 11) is 0. The van der Waals surface area contributed by atoms with Crippen LogP contribution in [-0.2, 0) is 9.59 Å². The number of hydrazine groups is 1. The van der Waals surface area contributed by atoms with Crippen molar-refractivity contribution in [1.82, 2.24) is 10.7 Å². The lowest BCUT2D eigenvalue weighted by atomic mass is 10.2. The molecule has 0 aromatic rings. The van der Waals surface area contributed by atoms with Gasteiger partial charge in [-0.25, -0.2) is 5.84 Å². The highest BCUT2D eigenvalue weighted by Crippen LogP contribution is 1.98. The molecule has 92 valence electrons. The number of aliphatic imine (C=N–C) groups is 1. The Balaban J connectivity index is 3.19. The van der Waals surface area contributed by atoms with Gasteiger partial charge >= 0.3 is 11.8 Å². The summed E-state index contributed by atoms with van der Waals surface area (Å²) in [6.07, 6.45) is 5.26. The molecule has 6 N–H and O–H groups in total. The molecule has 7 heteroatoms. The summed E-state index contributed by atoms with van der Waals surface area (Å²) in [5.74, 6) is 3.32. The number of hydrogen-bond donors (Lipinski definition) is 4. The van der Waals surface area contributed by atoms with E-state index >= 15 is 0 Å². The number of amides is 2. The molecule has 0 unspecified atom stereocenters. The molecule has 0 fully saturated rings. The highest BCUT2D eigenvalue weighted by molar-refractivity contribution is 6.34. The van der Waals surface area contributed by atoms with Gasteiger partial charge in [0.2, 0.25) is 0 Å². The molecule has 0 saturated carbocycles. The molecule has 16 heavy (non-hydrogen) atoms. The molecule has 2 amide bonds. The van der Waals surface area contributed by atoms with E-state index < -0.39 is 11.8 Å². The van der Waals surface area contributed by atoms with Gasteiger partial charge in [0.1, 0.15) is 0 Å². The van der Waals surface area contributed by atoms with Gasteiger partial charge in [0.05, 0.1) is 6.34 Å². The minimum absolute atomic E-state index is 0.482. The largest absolute Gasteiger partial charge is 0.361 e. The van der Waals surface area contributed by atoms with Crippen LogP contribution >= 0.6 is 0 Å². The van der Waals surface area contributed by atoms with E-state index in [1.165, 1.54) is 6.34 Å². The molecule has 0 atom stereocenters. The third kappa shape index (κ3) is 8.95. The van der Waals surface area contributed by atoms with Crippen molar-refractivity contribution in [2.75, 3.05) is 13.1 Å². The van der Waals surface area contributed by atoms with E-state index in [0.29, 0.717) is 6.54 Å². The normalized spacial score (nSPS) is 10.3. The van der Waals surface area contributed by atoms with Crippen molar-refractivity contribution in [3.8, 4) is 0 Å². The van der Waals surface area contributed by atoms with Gasteiger partial charge in [-0.1, -0.05) is 12.8 Å². The van der Waals surface area contributed by atoms with Crippen LogP contribution in [0.5, 0.6) is 0 Å². The smallest absolute Gasteiger partial charge is 0.309 e. The minimum atomic E-state index is -0.941. The summed E-state index contributed by atoms with van der Waals surface area (Å²) in [5.41, 5.74) is 7.08. The summed E-state index contributed by atoms with van der Waals surface area (Å²) >= 11 is 0. The zero-order chi connectivity index (χ0) is 12.2. The monoisotopic (exact) mass is 229 g/mol. The maximum absolute atomic E-state index is 10.7. The van der Waals surface area contributed by atoms with Crippen LogP contribution in [0, 0.1) is 0 Å². The lowest BCUT2D eigenvalue weighted by Gasteiger charge is -2.01. The van der Waals surface area contributed by atoms with Crippen molar-refractivity contribution in [3.05, 3.63) is 0 Å². The Morgan fingerprint density at radius 3 is 2.50 bits per heavy atom. The van der Waals surface area contributed by atoms with Crippen molar-refractivity contribution in [2.24, 2.45) is 16.6 Å². The first kappa shape index (κ1) is 14.4. The Kier molecular flexibility index (Phi) is 8.90. The molecule has 0 heterocycles. The summed E-state index contributed by atoms with van der Waals surface area (Å²) in [6.45, 7) is 1.22. The molecule has 0 aromatic heterocycles. The zero-order valence-electron chi connectivity index (χ0n) is 9.24. The fourth-order valence-electron chi connectivity index (χ4n) is 1.09. The first-order valence-corrected chi connectivity index (χ1v) is 5.20. The van der Waals surface area contributed by atoms with Crippen LogP contribution in [0.4, 0.5) is 0 Å². The van der Waals surface area contributed by atoms with Gasteiger partial charge in [0, 0.05) is 13.1 Å². The first-order chi connectivity index (χ1) is 7.68. The highest BCUT2D eigenvalue weighted by atomic mass is 16.2. The molecule has 0 aromatic carbocycles. The molecular formula is C9H19N5O2. The molecule has 0 aliphatic heterocycles. The standard InChI is InChI=1S/C9H19N5O2/c10-8(15)9(16)13-6-4-2-1-3-5-12-7-14-11/h7H,1-6,11H2,(H2,10,15)(H,12,14)(H,13,16). The summed E-state index contributed by atoms with van der Waals surface area (Å²) in [5, 5.41) is 2.42. The number of hydrogen-bond acceptors (Lipinski definition) is 4. The molecule has 7 nitrogen and oxygen atoms in total. The quantitative estimate of drug-likeness (QED) is 0.102. The molecule has 0 aliphatic rings. The third-order valence-electron chi connectivity index (χ3n) is 1.89. The van der Waals surface area contributed by atoms with Gasteiger partial charge in [-0.3, -0.25) is 14.6 Å². The van der Waals surface area contributed by atoms with E-state index in [1.54, 1.807) is 0 Å². The Morgan fingerprint density at radius 2 is 1.88 bits per heavy atom. The second-order valence-corrected chi connectivity index (χ2v) is 3.24.